The SMILES string of the molecule is CN1N2C=CN=NC2=CN1C(C)(C)C. The highest BCUT2D eigenvalue weighted by Gasteiger charge is 2.33. The molecular weight excluding hydrogens is 178 g/mol. The van der Waals surface area contributed by atoms with Gasteiger partial charge in [-0.25, -0.2) is 5.01 Å². The molecule has 0 aliphatic carbocycles. The maximum absolute atomic E-state index is 4.05. The first-order valence-electron chi connectivity index (χ1n) is 4.61. The van der Waals surface area contributed by atoms with Crippen molar-refractivity contribution in [3.05, 3.63) is 24.4 Å². The van der Waals surface area contributed by atoms with Gasteiger partial charge in [0.05, 0.1) is 12.4 Å². The molecule has 0 saturated carbocycles. The summed E-state index contributed by atoms with van der Waals surface area (Å²) in [6.07, 6.45) is 5.57. The van der Waals surface area contributed by atoms with E-state index in [4.69, 9.17) is 0 Å². The maximum atomic E-state index is 4.05. The van der Waals surface area contributed by atoms with Crippen LogP contribution in [0.25, 0.3) is 0 Å². The Morgan fingerprint density at radius 1 is 1.29 bits per heavy atom. The van der Waals surface area contributed by atoms with E-state index in [1.165, 1.54) is 0 Å². The van der Waals surface area contributed by atoms with Crippen LogP contribution in [0.5, 0.6) is 0 Å². The van der Waals surface area contributed by atoms with Crippen molar-refractivity contribution >= 4 is 0 Å². The van der Waals surface area contributed by atoms with E-state index in [1.54, 1.807) is 6.20 Å². The van der Waals surface area contributed by atoms with Crippen LogP contribution in [-0.4, -0.2) is 27.7 Å². The van der Waals surface area contributed by atoms with Gasteiger partial charge in [0.25, 0.3) is 0 Å². The first-order valence-corrected chi connectivity index (χ1v) is 4.61. The van der Waals surface area contributed by atoms with Gasteiger partial charge in [-0.3, -0.25) is 5.01 Å². The molecule has 0 aromatic heterocycles. The lowest BCUT2D eigenvalue weighted by Gasteiger charge is -2.39. The smallest absolute Gasteiger partial charge is 0.188 e. The molecule has 0 atom stereocenters. The number of hydrogen-bond acceptors (Lipinski definition) is 5. The Bertz CT molecular complexity index is 323. The minimum absolute atomic E-state index is 0.0441. The van der Waals surface area contributed by atoms with Crippen LogP contribution in [0.2, 0.25) is 0 Å². The highest BCUT2D eigenvalue weighted by Crippen LogP contribution is 2.29. The summed E-state index contributed by atoms with van der Waals surface area (Å²) in [5.41, 5.74) is 0.0441. The van der Waals surface area contributed by atoms with Gasteiger partial charge in [0.1, 0.15) is 0 Å². The lowest BCUT2D eigenvalue weighted by atomic mass is 10.1. The average molecular weight is 193 g/mol. The van der Waals surface area contributed by atoms with E-state index < -0.39 is 0 Å². The molecule has 0 bridgehead atoms. The van der Waals surface area contributed by atoms with Crippen molar-refractivity contribution in [2.75, 3.05) is 7.05 Å². The van der Waals surface area contributed by atoms with Crippen LogP contribution in [0.1, 0.15) is 20.8 Å². The number of nitrogens with zero attached hydrogens (tertiary/aromatic N) is 5. The zero-order valence-electron chi connectivity index (χ0n) is 8.97. The van der Waals surface area contributed by atoms with Crippen molar-refractivity contribution in [1.82, 2.24) is 15.1 Å². The molecule has 5 heteroatoms. The first kappa shape index (κ1) is 9.21. The highest BCUT2D eigenvalue weighted by molar-refractivity contribution is 5.10. The average Bonchev–Trinajstić information content (AvgIpc) is 2.44. The van der Waals surface area contributed by atoms with E-state index in [0.29, 0.717) is 0 Å². The molecule has 0 saturated heterocycles. The summed E-state index contributed by atoms with van der Waals surface area (Å²) < 4.78 is 0. The second kappa shape index (κ2) is 2.81. The number of fused-ring (bicyclic) bond motifs is 1. The fraction of sp³-hybridized carbons (Fsp3) is 0.556. The van der Waals surface area contributed by atoms with Gasteiger partial charge >= 0.3 is 0 Å². The van der Waals surface area contributed by atoms with E-state index in [0.717, 1.165) is 5.82 Å². The topological polar surface area (TPSA) is 34.4 Å². The van der Waals surface area contributed by atoms with Crippen LogP contribution >= 0.6 is 0 Å². The number of azo groups is 1. The van der Waals surface area contributed by atoms with E-state index in [-0.39, 0.29) is 5.54 Å². The molecule has 0 amide bonds. The fourth-order valence-electron chi connectivity index (χ4n) is 1.56. The molecule has 2 aliphatic heterocycles. The minimum Gasteiger partial charge on any atom is -0.286 e. The quantitative estimate of drug-likeness (QED) is 0.589. The molecule has 0 radical (unpaired) electrons. The molecule has 5 nitrogen and oxygen atoms in total. The highest BCUT2D eigenvalue weighted by atomic mass is 15.9. The summed E-state index contributed by atoms with van der Waals surface area (Å²) in [5, 5.41) is 14.0. The minimum atomic E-state index is 0.0441. The van der Waals surface area contributed by atoms with E-state index in [1.807, 2.05) is 29.6 Å². The molecule has 2 heterocycles. The molecule has 0 fully saturated rings. The maximum Gasteiger partial charge on any atom is 0.188 e. The monoisotopic (exact) mass is 193 g/mol. The van der Waals surface area contributed by atoms with E-state index in [2.05, 4.69) is 36.0 Å². The van der Waals surface area contributed by atoms with Crippen LogP contribution in [0.15, 0.2) is 34.6 Å². The Kier molecular flexibility index (Phi) is 1.85. The summed E-state index contributed by atoms with van der Waals surface area (Å²) >= 11 is 0. The Morgan fingerprint density at radius 3 is 2.57 bits per heavy atom. The molecule has 0 N–H and O–H groups in total. The molecular formula is C9H15N5. The fourth-order valence-corrected chi connectivity index (χ4v) is 1.56. The summed E-state index contributed by atoms with van der Waals surface area (Å²) in [4.78, 5) is 0. The number of rotatable bonds is 0. The summed E-state index contributed by atoms with van der Waals surface area (Å²) in [7, 11) is 2.00. The van der Waals surface area contributed by atoms with Gasteiger partial charge in [0, 0.05) is 18.8 Å². The van der Waals surface area contributed by atoms with Crippen LogP contribution in [0.4, 0.5) is 0 Å². The van der Waals surface area contributed by atoms with Gasteiger partial charge in [0.2, 0.25) is 0 Å². The normalized spacial score (nSPS) is 21.6. The van der Waals surface area contributed by atoms with Crippen molar-refractivity contribution in [2.45, 2.75) is 26.3 Å². The number of hydrazine groups is 2. The van der Waals surface area contributed by atoms with Crippen molar-refractivity contribution in [2.24, 2.45) is 10.2 Å². The lowest BCUT2D eigenvalue weighted by Crippen LogP contribution is -2.48. The van der Waals surface area contributed by atoms with Gasteiger partial charge < -0.3 is 0 Å². The molecule has 0 aromatic rings. The predicted molar refractivity (Wildman–Crippen MR) is 53.3 cm³/mol. The van der Waals surface area contributed by atoms with Crippen molar-refractivity contribution < 1.29 is 0 Å². The lowest BCUT2D eigenvalue weighted by molar-refractivity contribution is -0.109. The zero-order chi connectivity index (χ0) is 10.3. The van der Waals surface area contributed by atoms with E-state index in [9.17, 15) is 0 Å². The van der Waals surface area contributed by atoms with Crippen molar-refractivity contribution in [3.63, 3.8) is 0 Å². The zero-order valence-corrected chi connectivity index (χ0v) is 8.97. The van der Waals surface area contributed by atoms with Crippen molar-refractivity contribution in [3.8, 4) is 0 Å². The first-order chi connectivity index (χ1) is 6.50. The third-order valence-corrected chi connectivity index (χ3v) is 2.22. The standard InChI is InChI=1S/C9H15N5/c1-9(2,3)14-7-8-11-10-5-6-13(8)12(14)4/h5-7H,1-4H3. The molecule has 76 valence electrons. The molecule has 0 aromatic carbocycles. The number of hydrogen-bond donors (Lipinski definition) is 0. The van der Waals surface area contributed by atoms with Gasteiger partial charge in [-0.05, 0) is 20.8 Å². The Morgan fingerprint density at radius 2 is 2.00 bits per heavy atom. The molecule has 0 unspecified atom stereocenters. The Hall–Kier alpha value is -1.36. The van der Waals surface area contributed by atoms with Gasteiger partial charge in [-0.1, -0.05) is 0 Å². The summed E-state index contributed by atoms with van der Waals surface area (Å²) in [6, 6.07) is 0. The molecule has 2 rings (SSSR count). The van der Waals surface area contributed by atoms with Gasteiger partial charge in [-0.15, -0.1) is 10.2 Å². The van der Waals surface area contributed by atoms with Crippen LogP contribution < -0.4 is 0 Å². The Labute approximate surface area is 83.9 Å². The largest absolute Gasteiger partial charge is 0.286 e. The predicted octanol–water partition coefficient (Wildman–Crippen LogP) is 1.90. The van der Waals surface area contributed by atoms with Crippen LogP contribution in [0.3, 0.4) is 0 Å². The second-order valence-corrected chi connectivity index (χ2v) is 4.35. The second-order valence-electron chi connectivity index (χ2n) is 4.35. The van der Waals surface area contributed by atoms with E-state index >= 15 is 0 Å². The molecule has 2 aliphatic rings. The molecule has 0 spiro atoms. The summed E-state index contributed by atoms with van der Waals surface area (Å²) in [5.74, 6) is 0.852. The van der Waals surface area contributed by atoms with Gasteiger partial charge in [-0.2, -0.15) is 5.11 Å². The van der Waals surface area contributed by atoms with Crippen LogP contribution in [-0.2, 0) is 0 Å². The third kappa shape index (κ3) is 1.29. The summed E-state index contributed by atoms with van der Waals surface area (Å²) in [6.45, 7) is 6.46. The van der Waals surface area contributed by atoms with Crippen molar-refractivity contribution in [1.29, 1.82) is 0 Å². The molecule has 14 heavy (non-hydrogen) atoms. The van der Waals surface area contributed by atoms with Gasteiger partial charge in [0.15, 0.2) is 5.82 Å². The van der Waals surface area contributed by atoms with Crippen LogP contribution in [0, 0.1) is 0 Å². The third-order valence-electron chi connectivity index (χ3n) is 2.22. The Balaban J connectivity index is 2.30.